The molecule has 0 aliphatic rings. The van der Waals surface area contributed by atoms with E-state index in [1.165, 1.54) is 18.2 Å². The van der Waals surface area contributed by atoms with Crippen molar-refractivity contribution < 1.29 is 9.50 Å². The monoisotopic (exact) mass is 300 g/mol. The molecule has 2 N–H and O–H groups in total. The molecular formula is C16H17FN4O. The number of aromatic nitrogens is 4. The standard InChI is InChI=1S/C16H17FN4O/c1-3-4-11-8-15(21(2)20-11)14-9-13(18-19-14)12-7-10(17)5-6-16(12)22/h5-9,22H,3-4H2,1-2H3,(H,18,19). The number of nitrogens with zero attached hydrogens (tertiary/aromatic N) is 3. The first kappa shape index (κ1) is 14.3. The van der Waals surface area contributed by atoms with Gasteiger partial charge in [0.15, 0.2) is 0 Å². The first-order valence-electron chi connectivity index (χ1n) is 7.16. The van der Waals surface area contributed by atoms with E-state index < -0.39 is 5.82 Å². The summed E-state index contributed by atoms with van der Waals surface area (Å²) in [7, 11) is 1.87. The Hall–Kier alpha value is -2.63. The molecule has 2 aromatic heterocycles. The average molecular weight is 300 g/mol. The van der Waals surface area contributed by atoms with Crippen LogP contribution in [0.2, 0.25) is 0 Å². The van der Waals surface area contributed by atoms with Crippen LogP contribution in [0.3, 0.4) is 0 Å². The first-order chi connectivity index (χ1) is 10.6. The summed E-state index contributed by atoms with van der Waals surface area (Å²) in [6.07, 6.45) is 1.95. The van der Waals surface area contributed by atoms with Gasteiger partial charge in [0.2, 0.25) is 0 Å². The Labute approximate surface area is 127 Å². The van der Waals surface area contributed by atoms with Crippen LogP contribution in [0.15, 0.2) is 30.3 Å². The van der Waals surface area contributed by atoms with Crippen LogP contribution < -0.4 is 0 Å². The topological polar surface area (TPSA) is 66.7 Å². The third-order valence-electron chi connectivity index (χ3n) is 3.52. The van der Waals surface area contributed by atoms with Crippen molar-refractivity contribution in [3.63, 3.8) is 0 Å². The number of benzene rings is 1. The summed E-state index contributed by atoms with van der Waals surface area (Å²) in [5.41, 5.74) is 3.54. The van der Waals surface area contributed by atoms with Crippen LogP contribution in [0.25, 0.3) is 22.6 Å². The third kappa shape index (κ3) is 2.59. The fourth-order valence-corrected chi connectivity index (χ4v) is 2.46. The lowest BCUT2D eigenvalue weighted by Gasteiger charge is -2.00. The lowest BCUT2D eigenvalue weighted by Crippen LogP contribution is -1.94. The Kier molecular flexibility index (Phi) is 3.66. The summed E-state index contributed by atoms with van der Waals surface area (Å²) < 4.78 is 15.1. The van der Waals surface area contributed by atoms with Gasteiger partial charge in [-0.1, -0.05) is 13.3 Å². The van der Waals surface area contributed by atoms with Gasteiger partial charge in [0.25, 0.3) is 0 Å². The molecule has 0 bridgehead atoms. The number of aromatic amines is 1. The number of H-pyrrole nitrogens is 1. The first-order valence-corrected chi connectivity index (χ1v) is 7.16. The summed E-state index contributed by atoms with van der Waals surface area (Å²) in [6, 6.07) is 7.58. The van der Waals surface area contributed by atoms with Gasteiger partial charge >= 0.3 is 0 Å². The van der Waals surface area contributed by atoms with E-state index in [0.29, 0.717) is 11.3 Å². The maximum atomic E-state index is 13.4. The molecule has 22 heavy (non-hydrogen) atoms. The van der Waals surface area contributed by atoms with Crippen molar-refractivity contribution in [2.45, 2.75) is 19.8 Å². The molecule has 0 atom stereocenters. The largest absolute Gasteiger partial charge is 0.507 e. The number of phenolic OH excluding ortho intramolecular Hbond substituents is 1. The molecule has 114 valence electrons. The molecule has 0 saturated heterocycles. The van der Waals surface area contributed by atoms with Gasteiger partial charge in [-0.2, -0.15) is 10.2 Å². The van der Waals surface area contributed by atoms with Crippen molar-refractivity contribution in [1.29, 1.82) is 0 Å². The Balaban J connectivity index is 1.98. The van der Waals surface area contributed by atoms with Crippen LogP contribution in [-0.2, 0) is 13.5 Å². The molecule has 0 aliphatic carbocycles. The van der Waals surface area contributed by atoms with E-state index in [0.717, 1.165) is 29.9 Å². The summed E-state index contributed by atoms with van der Waals surface area (Å²) >= 11 is 0. The summed E-state index contributed by atoms with van der Waals surface area (Å²) in [4.78, 5) is 0. The van der Waals surface area contributed by atoms with Gasteiger partial charge < -0.3 is 5.11 Å². The molecule has 3 rings (SSSR count). The van der Waals surface area contributed by atoms with Gasteiger partial charge in [-0.3, -0.25) is 9.78 Å². The number of hydrogen-bond acceptors (Lipinski definition) is 3. The van der Waals surface area contributed by atoms with Crippen LogP contribution in [0.5, 0.6) is 5.75 Å². The molecule has 0 fully saturated rings. The van der Waals surface area contributed by atoms with E-state index in [1.54, 1.807) is 10.7 Å². The van der Waals surface area contributed by atoms with Crippen LogP contribution >= 0.6 is 0 Å². The van der Waals surface area contributed by atoms with E-state index in [4.69, 9.17) is 0 Å². The maximum Gasteiger partial charge on any atom is 0.125 e. The molecule has 0 unspecified atom stereocenters. The molecule has 0 spiro atoms. The fraction of sp³-hybridized carbons (Fsp3) is 0.250. The number of aryl methyl sites for hydroxylation is 2. The van der Waals surface area contributed by atoms with Crippen LogP contribution in [0, 0.1) is 5.82 Å². The SMILES string of the molecule is CCCc1cc(-c2cc(-c3cc(F)ccc3O)n[nH]2)n(C)n1. The van der Waals surface area contributed by atoms with E-state index in [9.17, 15) is 9.50 Å². The number of nitrogens with one attached hydrogen (secondary N) is 1. The highest BCUT2D eigenvalue weighted by Crippen LogP contribution is 2.30. The number of rotatable bonds is 4. The van der Waals surface area contributed by atoms with Crippen LogP contribution in [0.4, 0.5) is 4.39 Å². The Morgan fingerprint density at radius 3 is 2.86 bits per heavy atom. The zero-order valence-corrected chi connectivity index (χ0v) is 12.5. The van der Waals surface area contributed by atoms with E-state index in [1.807, 2.05) is 13.1 Å². The number of halogens is 1. The Bertz CT molecular complexity index is 806. The van der Waals surface area contributed by atoms with Crippen molar-refractivity contribution in [2.75, 3.05) is 0 Å². The van der Waals surface area contributed by atoms with Crippen LogP contribution in [0.1, 0.15) is 19.0 Å². The second-order valence-corrected chi connectivity index (χ2v) is 5.22. The molecule has 2 heterocycles. The minimum absolute atomic E-state index is 0.00359. The van der Waals surface area contributed by atoms with E-state index in [-0.39, 0.29) is 5.75 Å². The van der Waals surface area contributed by atoms with Crippen molar-refractivity contribution in [2.24, 2.45) is 7.05 Å². The quantitative estimate of drug-likeness (QED) is 0.777. The van der Waals surface area contributed by atoms with Crippen molar-refractivity contribution in [3.05, 3.63) is 41.8 Å². The molecule has 0 amide bonds. The minimum Gasteiger partial charge on any atom is -0.507 e. The lowest BCUT2D eigenvalue weighted by molar-refractivity contribution is 0.475. The molecule has 0 radical (unpaired) electrons. The fourth-order valence-electron chi connectivity index (χ4n) is 2.46. The molecular weight excluding hydrogens is 283 g/mol. The molecule has 1 aromatic carbocycles. The van der Waals surface area contributed by atoms with Crippen molar-refractivity contribution in [3.8, 4) is 28.4 Å². The highest BCUT2D eigenvalue weighted by Gasteiger charge is 2.13. The van der Waals surface area contributed by atoms with Gasteiger partial charge in [-0.25, -0.2) is 4.39 Å². The second-order valence-electron chi connectivity index (χ2n) is 5.22. The van der Waals surface area contributed by atoms with Gasteiger partial charge in [0, 0.05) is 12.6 Å². The van der Waals surface area contributed by atoms with E-state index in [2.05, 4.69) is 22.2 Å². The molecule has 6 heteroatoms. The predicted molar refractivity (Wildman–Crippen MR) is 81.8 cm³/mol. The minimum atomic E-state index is -0.414. The van der Waals surface area contributed by atoms with Crippen molar-refractivity contribution in [1.82, 2.24) is 20.0 Å². The highest BCUT2D eigenvalue weighted by atomic mass is 19.1. The molecule has 0 saturated carbocycles. The Morgan fingerprint density at radius 1 is 1.27 bits per heavy atom. The molecule has 0 aliphatic heterocycles. The molecule has 5 nitrogen and oxygen atoms in total. The smallest absolute Gasteiger partial charge is 0.125 e. The predicted octanol–water partition coefficient (Wildman–Crippen LogP) is 3.27. The maximum absolute atomic E-state index is 13.4. The lowest BCUT2D eigenvalue weighted by atomic mass is 10.1. The number of aromatic hydroxyl groups is 1. The highest BCUT2D eigenvalue weighted by molar-refractivity contribution is 5.71. The van der Waals surface area contributed by atoms with Gasteiger partial charge in [0.05, 0.1) is 22.8 Å². The second kappa shape index (κ2) is 5.63. The molecule has 3 aromatic rings. The van der Waals surface area contributed by atoms with Gasteiger partial charge in [-0.15, -0.1) is 0 Å². The Morgan fingerprint density at radius 2 is 2.09 bits per heavy atom. The number of phenols is 1. The summed E-state index contributed by atoms with van der Waals surface area (Å²) in [5.74, 6) is -0.417. The summed E-state index contributed by atoms with van der Waals surface area (Å²) in [5, 5.41) is 21.4. The zero-order valence-electron chi connectivity index (χ0n) is 12.5. The van der Waals surface area contributed by atoms with Crippen molar-refractivity contribution >= 4 is 0 Å². The van der Waals surface area contributed by atoms with Crippen LogP contribution in [-0.4, -0.2) is 25.1 Å². The third-order valence-corrected chi connectivity index (χ3v) is 3.52. The summed E-state index contributed by atoms with van der Waals surface area (Å²) in [6.45, 7) is 2.11. The number of hydrogen-bond donors (Lipinski definition) is 2. The van der Waals surface area contributed by atoms with Gasteiger partial charge in [0.1, 0.15) is 11.6 Å². The van der Waals surface area contributed by atoms with Gasteiger partial charge in [-0.05, 0) is 36.8 Å². The van der Waals surface area contributed by atoms with E-state index >= 15 is 0 Å². The normalized spacial score (nSPS) is 11.0. The average Bonchev–Trinajstić information content (AvgIpc) is 3.09. The zero-order chi connectivity index (χ0) is 15.7.